The fraction of sp³-hybridized carbons (Fsp3) is 0.133. The van der Waals surface area contributed by atoms with Crippen LogP contribution in [0.2, 0.25) is 0 Å². The Kier molecular flexibility index (Phi) is 5.72. The Morgan fingerprint density at radius 3 is 1.88 bits per heavy atom. The standard InChI is InChI=1S/C30H27N3O/c1-21-14-16-25(17-15-21)32(3)26-18-19-28-27(20-26)30(34)33(22(2)31-28)29(23-10-6-4-7-11-23)24-12-8-5-9-13-24/h4-20,29H,1-3H3. The third-order valence-electron chi connectivity index (χ3n) is 6.36. The zero-order valence-electron chi connectivity index (χ0n) is 19.6. The summed E-state index contributed by atoms with van der Waals surface area (Å²) in [4.78, 5) is 20.9. The van der Waals surface area contributed by atoms with E-state index >= 15 is 0 Å². The Bertz CT molecular complexity index is 1450. The van der Waals surface area contributed by atoms with Crippen LogP contribution >= 0.6 is 0 Å². The Morgan fingerprint density at radius 2 is 1.29 bits per heavy atom. The average molecular weight is 446 g/mol. The fourth-order valence-electron chi connectivity index (χ4n) is 4.49. The van der Waals surface area contributed by atoms with Crippen LogP contribution in [-0.2, 0) is 0 Å². The molecule has 5 aromatic rings. The van der Waals surface area contributed by atoms with Crippen molar-refractivity contribution < 1.29 is 0 Å². The Hall–Kier alpha value is -4.18. The second kappa shape index (κ2) is 8.99. The van der Waals surface area contributed by atoms with E-state index < -0.39 is 0 Å². The van der Waals surface area contributed by atoms with Gasteiger partial charge in [0.15, 0.2) is 0 Å². The number of benzene rings is 4. The molecule has 4 nitrogen and oxygen atoms in total. The summed E-state index contributed by atoms with van der Waals surface area (Å²) in [5.74, 6) is 0.690. The lowest BCUT2D eigenvalue weighted by atomic mass is 9.98. The summed E-state index contributed by atoms with van der Waals surface area (Å²) in [6.45, 7) is 3.98. The average Bonchev–Trinajstić information content (AvgIpc) is 2.87. The normalized spacial score (nSPS) is 11.2. The number of fused-ring (bicyclic) bond motifs is 1. The van der Waals surface area contributed by atoms with Gasteiger partial charge in [-0.1, -0.05) is 78.4 Å². The third kappa shape index (κ3) is 3.99. The minimum atomic E-state index is -0.259. The van der Waals surface area contributed by atoms with Crippen LogP contribution in [0.3, 0.4) is 0 Å². The van der Waals surface area contributed by atoms with Crippen molar-refractivity contribution in [2.75, 3.05) is 11.9 Å². The number of hydrogen-bond donors (Lipinski definition) is 0. The first-order valence-electron chi connectivity index (χ1n) is 11.5. The molecule has 168 valence electrons. The molecule has 0 saturated carbocycles. The predicted molar refractivity (Wildman–Crippen MR) is 140 cm³/mol. The summed E-state index contributed by atoms with van der Waals surface area (Å²) in [6, 6.07) is 34.3. The largest absolute Gasteiger partial charge is 0.345 e. The Morgan fingerprint density at radius 1 is 0.735 bits per heavy atom. The van der Waals surface area contributed by atoms with Crippen molar-refractivity contribution in [3.63, 3.8) is 0 Å². The van der Waals surface area contributed by atoms with Crippen LogP contribution in [0.5, 0.6) is 0 Å². The molecule has 0 spiro atoms. The smallest absolute Gasteiger partial charge is 0.262 e. The zero-order chi connectivity index (χ0) is 23.7. The summed E-state index contributed by atoms with van der Waals surface area (Å²) < 4.78 is 1.82. The van der Waals surface area contributed by atoms with Gasteiger partial charge in [-0.2, -0.15) is 0 Å². The summed E-state index contributed by atoms with van der Waals surface area (Å²) in [5.41, 5.74) is 5.99. The molecule has 0 aliphatic rings. The third-order valence-corrected chi connectivity index (χ3v) is 6.36. The molecule has 0 atom stereocenters. The van der Waals surface area contributed by atoms with Crippen LogP contribution in [-0.4, -0.2) is 16.6 Å². The molecule has 34 heavy (non-hydrogen) atoms. The minimum Gasteiger partial charge on any atom is -0.345 e. The van der Waals surface area contributed by atoms with E-state index in [0.717, 1.165) is 22.5 Å². The summed E-state index contributed by atoms with van der Waals surface area (Å²) in [5, 5.41) is 0.610. The highest BCUT2D eigenvalue weighted by Crippen LogP contribution is 2.29. The second-order valence-corrected chi connectivity index (χ2v) is 8.65. The van der Waals surface area contributed by atoms with Crippen LogP contribution in [0.4, 0.5) is 11.4 Å². The Labute approximate surface area is 199 Å². The number of nitrogens with zero attached hydrogens (tertiary/aromatic N) is 3. The van der Waals surface area contributed by atoms with Gasteiger partial charge in [0.25, 0.3) is 5.56 Å². The molecule has 0 N–H and O–H groups in total. The van der Waals surface area contributed by atoms with Gasteiger partial charge in [-0.15, -0.1) is 0 Å². The molecule has 0 aliphatic heterocycles. The quantitative estimate of drug-likeness (QED) is 0.313. The van der Waals surface area contributed by atoms with Gasteiger partial charge in [-0.05, 0) is 55.3 Å². The van der Waals surface area contributed by atoms with Crippen molar-refractivity contribution in [2.24, 2.45) is 0 Å². The number of rotatable bonds is 5. The summed E-state index contributed by atoms with van der Waals surface area (Å²) >= 11 is 0. The van der Waals surface area contributed by atoms with E-state index in [4.69, 9.17) is 4.98 Å². The molecule has 0 amide bonds. The van der Waals surface area contributed by atoms with Crippen LogP contribution in [0, 0.1) is 13.8 Å². The number of hydrogen-bond acceptors (Lipinski definition) is 3. The maximum absolute atomic E-state index is 14.0. The summed E-state index contributed by atoms with van der Waals surface area (Å²) in [7, 11) is 2.02. The molecule has 0 bridgehead atoms. The van der Waals surface area contributed by atoms with Gasteiger partial charge in [0.05, 0.1) is 16.9 Å². The number of anilines is 2. The van der Waals surface area contributed by atoms with Gasteiger partial charge in [0.2, 0.25) is 0 Å². The lowest BCUT2D eigenvalue weighted by molar-refractivity contribution is 0.620. The monoisotopic (exact) mass is 445 g/mol. The molecule has 0 aliphatic carbocycles. The van der Waals surface area contributed by atoms with Gasteiger partial charge in [0, 0.05) is 18.4 Å². The first-order valence-corrected chi connectivity index (χ1v) is 11.5. The maximum Gasteiger partial charge on any atom is 0.262 e. The van der Waals surface area contributed by atoms with E-state index in [2.05, 4.69) is 60.4 Å². The van der Waals surface area contributed by atoms with Crippen LogP contribution in [0.25, 0.3) is 10.9 Å². The first kappa shape index (κ1) is 21.7. The Balaban J connectivity index is 1.69. The van der Waals surface area contributed by atoms with Crippen molar-refractivity contribution in [2.45, 2.75) is 19.9 Å². The van der Waals surface area contributed by atoms with Gasteiger partial charge < -0.3 is 4.90 Å². The highest BCUT2D eigenvalue weighted by molar-refractivity contribution is 5.83. The maximum atomic E-state index is 14.0. The van der Waals surface area contributed by atoms with Gasteiger partial charge in [-0.25, -0.2) is 4.98 Å². The first-order chi connectivity index (χ1) is 16.5. The van der Waals surface area contributed by atoms with Crippen molar-refractivity contribution in [3.8, 4) is 0 Å². The molecular formula is C30H27N3O. The second-order valence-electron chi connectivity index (χ2n) is 8.65. The van der Waals surface area contributed by atoms with Gasteiger partial charge in [0.1, 0.15) is 5.82 Å². The zero-order valence-corrected chi connectivity index (χ0v) is 19.6. The topological polar surface area (TPSA) is 38.1 Å². The van der Waals surface area contributed by atoms with Crippen molar-refractivity contribution in [1.82, 2.24) is 9.55 Å². The molecule has 0 unspecified atom stereocenters. The molecule has 5 rings (SSSR count). The lowest BCUT2D eigenvalue weighted by Crippen LogP contribution is -2.29. The highest BCUT2D eigenvalue weighted by atomic mass is 16.1. The number of aryl methyl sites for hydroxylation is 2. The molecule has 4 heteroatoms. The van der Waals surface area contributed by atoms with E-state index in [0.29, 0.717) is 16.7 Å². The van der Waals surface area contributed by atoms with Crippen LogP contribution in [0.15, 0.2) is 108 Å². The van der Waals surface area contributed by atoms with Gasteiger partial charge in [-0.3, -0.25) is 9.36 Å². The molecule has 1 aromatic heterocycles. The van der Waals surface area contributed by atoms with Gasteiger partial charge >= 0.3 is 0 Å². The minimum absolute atomic E-state index is 0.0423. The van der Waals surface area contributed by atoms with E-state index in [1.165, 1.54) is 5.56 Å². The SMILES string of the molecule is Cc1ccc(N(C)c2ccc3nc(C)n(C(c4ccccc4)c4ccccc4)c(=O)c3c2)cc1. The van der Waals surface area contributed by atoms with E-state index in [-0.39, 0.29) is 11.6 Å². The van der Waals surface area contributed by atoms with Crippen LogP contribution < -0.4 is 10.5 Å². The molecule has 4 aromatic carbocycles. The molecule has 0 radical (unpaired) electrons. The number of aromatic nitrogens is 2. The summed E-state index contributed by atoms with van der Waals surface area (Å²) in [6.07, 6.45) is 0. The molecule has 1 heterocycles. The molecular weight excluding hydrogens is 418 g/mol. The molecule has 0 fully saturated rings. The van der Waals surface area contributed by atoms with E-state index in [1.54, 1.807) is 0 Å². The van der Waals surface area contributed by atoms with Crippen LogP contribution in [0.1, 0.15) is 28.6 Å². The lowest BCUT2D eigenvalue weighted by Gasteiger charge is -2.24. The van der Waals surface area contributed by atoms with Crippen molar-refractivity contribution in [1.29, 1.82) is 0 Å². The molecule has 0 saturated heterocycles. The van der Waals surface area contributed by atoms with E-state index in [1.807, 2.05) is 73.1 Å². The van der Waals surface area contributed by atoms with Crippen molar-refractivity contribution in [3.05, 3.63) is 136 Å². The van der Waals surface area contributed by atoms with Crippen molar-refractivity contribution >= 4 is 22.3 Å². The fourth-order valence-corrected chi connectivity index (χ4v) is 4.49. The predicted octanol–water partition coefficient (Wildman–Crippen LogP) is 6.42. The highest BCUT2D eigenvalue weighted by Gasteiger charge is 2.21. The van der Waals surface area contributed by atoms with E-state index in [9.17, 15) is 4.79 Å².